The fourth-order valence-corrected chi connectivity index (χ4v) is 5.57. The number of carbonyl (C=O) groups is 1. The van der Waals surface area contributed by atoms with Crippen LogP contribution in [-0.2, 0) is 10.2 Å². The maximum atomic E-state index is 11.8. The predicted octanol–water partition coefficient (Wildman–Crippen LogP) is 5.09. The van der Waals surface area contributed by atoms with Gasteiger partial charge < -0.3 is 5.11 Å². The number of ketones is 1. The van der Waals surface area contributed by atoms with Gasteiger partial charge in [-0.2, -0.15) is 0 Å². The molecule has 0 saturated heterocycles. The second-order valence-corrected chi connectivity index (χ2v) is 8.21. The number of hydrogen-bond donors (Lipinski definition) is 1. The van der Waals surface area contributed by atoms with Crippen molar-refractivity contribution in [3.05, 3.63) is 29.8 Å². The van der Waals surface area contributed by atoms with Crippen molar-refractivity contribution < 1.29 is 9.90 Å². The smallest absolute Gasteiger partial charge is 0.132 e. The molecule has 1 aromatic rings. The highest BCUT2D eigenvalue weighted by Crippen LogP contribution is 2.55. The zero-order valence-corrected chi connectivity index (χ0v) is 14.7. The molecule has 4 unspecified atom stereocenters. The van der Waals surface area contributed by atoms with Crippen LogP contribution in [0.25, 0.3) is 0 Å². The average molecular weight is 314 g/mol. The van der Waals surface area contributed by atoms with Gasteiger partial charge >= 0.3 is 0 Å². The Hall–Kier alpha value is -1.31. The predicted molar refractivity (Wildman–Crippen MR) is 93.5 cm³/mol. The first-order valence-corrected chi connectivity index (χ1v) is 9.24. The number of carbonyl (C=O) groups excluding carboxylic acids is 1. The fraction of sp³-hybridized carbons (Fsp3) is 0.667. The van der Waals surface area contributed by atoms with Crippen molar-refractivity contribution in [2.24, 2.45) is 23.7 Å². The summed E-state index contributed by atoms with van der Waals surface area (Å²) < 4.78 is 0. The number of Topliss-reactive ketones (excluding diaryl/α,β-unsaturated/α-hetero) is 1. The molecule has 0 amide bonds. The molecule has 0 spiro atoms. The molecule has 1 N–H and O–H groups in total. The minimum Gasteiger partial charge on any atom is -0.508 e. The third kappa shape index (κ3) is 2.93. The molecule has 2 heteroatoms. The van der Waals surface area contributed by atoms with Crippen LogP contribution in [0.5, 0.6) is 5.75 Å². The summed E-state index contributed by atoms with van der Waals surface area (Å²) in [5, 5.41) is 9.71. The van der Waals surface area contributed by atoms with Gasteiger partial charge in [-0.3, -0.25) is 4.79 Å². The molecule has 2 saturated carbocycles. The summed E-state index contributed by atoms with van der Waals surface area (Å²) in [7, 11) is 0. The zero-order chi connectivity index (χ0) is 16.6. The Bertz CT molecular complexity index is 552. The van der Waals surface area contributed by atoms with Crippen LogP contribution in [0.15, 0.2) is 24.3 Å². The zero-order valence-electron chi connectivity index (χ0n) is 14.7. The summed E-state index contributed by atoms with van der Waals surface area (Å²) >= 11 is 0. The number of hydrogen-bond acceptors (Lipinski definition) is 2. The van der Waals surface area contributed by atoms with Crippen LogP contribution in [0.4, 0.5) is 0 Å². The van der Waals surface area contributed by atoms with Gasteiger partial charge in [0, 0.05) is 18.3 Å². The molecule has 4 atom stereocenters. The summed E-state index contributed by atoms with van der Waals surface area (Å²) in [5.41, 5.74) is 1.53. The lowest BCUT2D eigenvalue weighted by molar-refractivity contribution is -0.122. The van der Waals surface area contributed by atoms with E-state index >= 15 is 0 Å². The minimum absolute atomic E-state index is 0.158. The van der Waals surface area contributed by atoms with Crippen molar-refractivity contribution in [2.75, 3.05) is 0 Å². The van der Waals surface area contributed by atoms with Gasteiger partial charge in [0.15, 0.2) is 0 Å². The van der Waals surface area contributed by atoms with Crippen LogP contribution in [0.2, 0.25) is 0 Å². The van der Waals surface area contributed by atoms with Gasteiger partial charge in [0.2, 0.25) is 0 Å². The molecule has 0 radical (unpaired) electrons. The van der Waals surface area contributed by atoms with E-state index in [2.05, 4.69) is 32.9 Å². The lowest BCUT2D eigenvalue weighted by atomic mass is 9.50. The summed E-state index contributed by atoms with van der Waals surface area (Å²) in [6, 6.07) is 7.93. The highest BCUT2D eigenvalue weighted by Gasteiger charge is 2.50. The summed E-state index contributed by atoms with van der Waals surface area (Å²) in [6.45, 7) is 7.19. The monoisotopic (exact) mass is 314 g/mol. The van der Waals surface area contributed by atoms with Crippen molar-refractivity contribution in [2.45, 2.75) is 64.7 Å². The quantitative estimate of drug-likeness (QED) is 0.825. The Labute approximate surface area is 140 Å². The molecule has 2 fully saturated rings. The lowest BCUT2D eigenvalue weighted by Crippen LogP contribution is -2.49. The van der Waals surface area contributed by atoms with Gasteiger partial charge in [0.05, 0.1) is 0 Å². The first-order valence-electron chi connectivity index (χ1n) is 9.24. The standard InChI is InChI=1S/C21H30O2/c1-14-12-15(2)16(3)21(13-14,17-4-8-19(22)9-5-17)18-6-10-20(23)11-7-18/h4-5,8-9,14-16,18,22H,6-7,10-13H2,1-3H3. The number of benzene rings is 1. The van der Waals surface area contributed by atoms with Crippen LogP contribution < -0.4 is 0 Å². The molecule has 0 bridgehead atoms. The van der Waals surface area contributed by atoms with E-state index in [1.165, 1.54) is 18.4 Å². The van der Waals surface area contributed by atoms with E-state index in [1.807, 2.05) is 12.1 Å². The van der Waals surface area contributed by atoms with Crippen LogP contribution >= 0.6 is 0 Å². The topological polar surface area (TPSA) is 37.3 Å². The van der Waals surface area contributed by atoms with Gasteiger partial charge in [-0.1, -0.05) is 32.9 Å². The third-order valence-electron chi connectivity index (χ3n) is 6.80. The number of phenols is 1. The normalized spacial score (nSPS) is 36.1. The van der Waals surface area contributed by atoms with Gasteiger partial charge in [-0.05, 0) is 67.1 Å². The molecule has 126 valence electrons. The van der Waals surface area contributed by atoms with Crippen LogP contribution in [0.1, 0.15) is 64.9 Å². The third-order valence-corrected chi connectivity index (χ3v) is 6.80. The van der Waals surface area contributed by atoms with E-state index in [4.69, 9.17) is 0 Å². The van der Waals surface area contributed by atoms with E-state index in [0.717, 1.165) is 25.7 Å². The van der Waals surface area contributed by atoms with Crippen LogP contribution in [-0.4, -0.2) is 10.9 Å². The summed E-state index contributed by atoms with van der Waals surface area (Å²) in [6.07, 6.45) is 6.07. The van der Waals surface area contributed by atoms with Crippen molar-refractivity contribution in [3.63, 3.8) is 0 Å². The second kappa shape index (κ2) is 6.30. The molecule has 3 rings (SSSR count). The van der Waals surface area contributed by atoms with E-state index < -0.39 is 0 Å². The van der Waals surface area contributed by atoms with Crippen molar-refractivity contribution in [3.8, 4) is 5.75 Å². The van der Waals surface area contributed by atoms with Crippen molar-refractivity contribution in [1.82, 2.24) is 0 Å². The maximum absolute atomic E-state index is 11.8. The fourth-order valence-electron chi connectivity index (χ4n) is 5.57. The largest absolute Gasteiger partial charge is 0.508 e. The number of rotatable bonds is 2. The molecule has 1 aromatic carbocycles. The first kappa shape index (κ1) is 16.5. The molecule has 2 nitrogen and oxygen atoms in total. The molecule has 23 heavy (non-hydrogen) atoms. The average Bonchev–Trinajstić information content (AvgIpc) is 2.52. The molecular formula is C21H30O2. The molecule has 2 aliphatic rings. The molecule has 0 aromatic heterocycles. The highest BCUT2D eigenvalue weighted by atomic mass is 16.3. The highest BCUT2D eigenvalue weighted by molar-refractivity contribution is 5.79. The van der Waals surface area contributed by atoms with E-state index in [1.54, 1.807) is 0 Å². The molecule has 2 aliphatic carbocycles. The van der Waals surface area contributed by atoms with Gasteiger partial charge in [-0.15, -0.1) is 0 Å². The van der Waals surface area contributed by atoms with Crippen molar-refractivity contribution >= 4 is 5.78 Å². The summed E-state index contributed by atoms with van der Waals surface area (Å²) in [5.74, 6) is 3.39. The van der Waals surface area contributed by atoms with Gasteiger partial charge in [0.25, 0.3) is 0 Å². The molecular weight excluding hydrogens is 284 g/mol. The van der Waals surface area contributed by atoms with E-state index in [9.17, 15) is 9.90 Å². The Balaban J connectivity index is 2.04. The summed E-state index contributed by atoms with van der Waals surface area (Å²) in [4.78, 5) is 11.8. The first-order chi connectivity index (χ1) is 10.9. The van der Waals surface area contributed by atoms with Gasteiger partial charge in [0.1, 0.15) is 11.5 Å². The van der Waals surface area contributed by atoms with Crippen LogP contribution in [0, 0.1) is 23.7 Å². The Morgan fingerprint density at radius 3 is 2.26 bits per heavy atom. The van der Waals surface area contributed by atoms with E-state index in [-0.39, 0.29) is 5.41 Å². The van der Waals surface area contributed by atoms with E-state index in [0.29, 0.717) is 35.2 Å². The van der Waals surface area contributed by atoms with Crippen molar-refractivity contribution in [1.29, 1.82) is 0 Å². The number of phenolic OH excluding ortho intramolecular Hbond substituents is 1. The molecule has 0 aliphatic heterocycles. The Kier molecular flexibility index (Phi) is 4.53. The maximum Gasteiger partial charge on any atom is 0.132 e. The van der Waals surface area contributed by atoms with Crippen LogP contribution in [0.3, 0.4) is 0 Å². The SMILES string of the molecule is CC1CC(C)C(C)C(c2ccc(O)cc2)(C2CCC(=O)CC2)C1. The lowest BCUT2D eigenvalue weighted by Gasteiger charge is -2.54. The Morgan fingerprint density at radius 2 is 1.65 bits per heavy atom. The number of aromatic hydroxyl groups is 1. The Morgan fingerprint density at radius 1 is 1.04 bits per heavy atom. The minimum atomic E-state index is 0.158. The van der Waals surface area contributed by atoms with Gasteiger partial charge in [-0.25, -0.2) is 0 Å². The second-order valence-electron chi connectivity index (χ2n) is 8.21. The molecule has 0 heterocycles.